The van der Waals surface area contributed by atoms with Crippen molar-refractivity contribution in [3.05, 3.63) is 34.4 Å². The number of non-ortho nitro benzene ring substituents is 1. The number of anilines is 1. The summed E-state index contributed by atoms with van der Waals surface area (Å²) in [5.41, 5.74) is 0.0907. The van der Waals surface area contributed by atoms with Crippen molar-refractivity contribution in [2.45, 2.75) is 6.04 Å². The predicted molar refractivity (Wildman–Crippen MR) is 71.0 cm³/mol. The van der Waals surface area contributed by atoms with Crippen molar-refractivity contribution >= 4 is 23.4 Å². The topological polar surface area (TPSA) is 131 Å². The average Bonchev–Trinajstić information content (AvgIpc) is 2.87. The Labute approximate surface area is 119 Å². The van der Waals surface area contributed by atoms with Gasteiger partial charge in [0.05, 0.1) is 24.2 Å². The Balaban J connectivity index is 1.97. The van der Waals surface area contributed by atoms with Crippen LogP contribution in [0.2, 0.25) is 0 Å². The summed E-state index contributed by atoms with van der Waals surface area (Å²) in [7, 11) is 0. The SMILES string of the molecule is O=C(Nc1cccc([N+](=O)[O-])c1)NC1COCC1C(=O)O. The van der Waals surface area contributed by atoms with E-state index in [4.69, 9.17) is 9.84 Å². The van der Waals surface area contributed by atoms with E-state index in [-0.39, 0.29) is 24.6 Å². The smallest absolute Gasteiger partial charge is 0.319 e. The van der Waals surface area contributed by atoms with Gasteiger partial charge in [-0.2, -0.15) is 0 Å². The number of nitrogens with one attached hydrogen (secondary N) is 2. The maximum Gasteiger partial charge on any atom is 0.319 e. The van der Waals surface area contributed by atoms with Crippen LogP contribution in [0.15, 0.2) is 24.3 Å². The van der Waals surface area contributed by atoms with Crippen molar-refractivity contribution < 1.29 is 24.4 Å². The zero-order chi connectivity index (χ0) is 15.4. The molecule has 9 heteroatoms. The van der Waals surface area contributed by atoms with Crippen LogP contribution in [0.25, 0.3) is 0 Å². The Morgan fingerprint density at radius 3 is 2.81 bits per heavy atom. The van der Waals surface area contributed by atoms with Gasteiger partial charge in [-0.05, 0) is 6.07 Å². The molecule has 1 aliphatic rings. The van der Waals surface area contributed by atoms with Gasteiger partial charge in [-0.3, -0.25) is 14.9 Å². The summed E-state index contributed by atoms with van der Waals surface area (Å²) in [6, 6.07) is 4.16. The van der Waals surface area contributed by atoms with Crippen molar-refractivity contribution in [3.63, 3.8) is 0 Å². The van der Waals surface area contributed by atoms with Crippen LogP contribution in [0.1, 0.15) is 0 Å². The summed E-state index contributed by atoms with van der Waals surface area (Å²) < 4.78 is 5.02. The predicted octanol–water partition coefficient (Wildman–Crippen LogP) is 0.816. The highest BCUT2D eigenvalue weighted by Gasteiger charge is 2.35. The zero-order valence-corrected chi connectivity index (χ0v) is 10.8. The lowest BCUT2D eigenvalue weighted by atomic mass is 10.0. The Bertz CT molecular complexity index is 576. The van der Waals surface area contributed by atoms with Gasteiger partial charge in [0.2, 0.25) is 0 Å². The summed E-state index contributed by atoms with van der Waals surface area (Å²) in [5, 5.41) is 24.5. The fourth-order valence-corrected chi connectivity index (χ4v) is 1.97. The second-order valence-corrected chi connectivity index (χ2v) is 4.49. The molecular weight excluding hydrogens is 282 g/mol. The summed E-state index contributed by atoms with van der Waals surface area (Å²) in [4.78, 5) is 32.8. The van der Waals surface area contributed by atoms with Gasteiger partial charge in [-0.1, -0.05) is 6.07 Å². The molecule has 1 aromatic rings. The number of carboxylic acid groups (broad SMARTS) is 1. The van der Waals surface area contributed by atoms with E-state index in [0.717, 1.165) is 0 Å². The molecule has 2 unspecified atom stereocenters. The van der Waals surface area contributed by atoms with Crippen LogP contribution in [-0.4, -0.2) is 41.3 Å². The van der Waals surface area contributed by atoms with Gasteiger partial charge in [-0.15, -0.1) is 0 Å². The molecule has 1 aromatic carbocycles. The number of rotatable bonds is 4. The molecule has 0 aliphatic carbocycles. The van der Waals surface area contributed by atoms with Crippen molar-refractivity contribution in [3.8, 4) is 0 Å². The second-order valence-electron chi connectivity index (χ2n) is 4.49. The first kappa shape index (κ1) is 14.7. The maximum atomic E-state index is 11.8. The van der Waals surface area contributed by atoms with Crippen LogP contribution in [0.5, 0.6) is 0 Å². The van der Waals surface area contributed by atoms with Crippen LogP contribution in [-0.2, 0) is 9.53 Å². The van der Waals surface area contributed by atoms with E-state index < -0.39 is 28.9 Å². The number of benzene rings is 1. The molecule has 2 rings (SSSR count). The van der Waals surface area contributed by atoms with Crippen LogP contribution in [0.4, 0.5) is 16.2 Å². The fraction of sp³-hybridized carbons (Fsp3) is 0.333. The van der Waals surface area contributed by atoms with Crippen molar-refractivity contribution in [2.24, 2.45) is 5.92 Å². The number of ether oxygens (including phenoxy) is 1. The van der Waals surface area contributed by atoms with E-state index in [1.807, 2.05) is 0 Å². The number of carbonyl (C=O) groups excluding carboxylic acids is 1. The number of nitro benzene ring substituents is 1. The number of carboxylic acids is 1. The first-order valence-electron chi connectivity index (χ1n) is 6.10. The van der Waals surface area contributed by atoms with Crippen molar-refractivity contribution in [1.29, 1.82) is 0 Å². The van der Waals surface area contributed by atoms with Crippen molar-refractivity contribution in [2.75, 3.05) is 18.5 Å². The molecule has 0 spiro atoms. The van der Waals surface area contributed by atoms with E-state index >= 15 is 0 Å². The largest absolute Gasteiger partial charge is 0.481 e. The number of hydrogen-bond donors (Lipinski definition) is 3. The molecule has 0 radical (unpaired) electrons. The van der Waals surface area contributed by atoms with Crippen LogP contribution >= 0.6 is 0 Å². The van der Waals surface area contributed by atoms with E-state index in [9.17, 15) is 19.7 Å². The van der Waals surface area contributed by atoms with E-state index in [0.29, 0.717) is 0 Å². The standard InChI is InChI=1S/C12H13N3O6/c16-11(17)9-5-21-6-10(9)14-12(18)13-7-2-1-3-8(4-7)15(19)20/h1-4,9-10H,5-6H2,(H,16,17)(H2,13,14,18). The average molecular weight is 295 g/mol. The number of urea groups is 1. The van der Waals surface area contributed by atoms with Crippen molar-refractivity contribution in [1.82, 2.24) is 5.32 Å². The fourth-order valence-electron chi connectivity index (χ4n) is 1.97. The van der Waals surface area contributed by atoms with E-state index in [1.165, 1.54) is 24.3 Å². The Kier molecular flexibility index (Phi) is 4.33. The van der Waals surface area contributed by atoms with E-state index in [2.05, 4.69) is 10.6 Å². The zero-order valence-electron chi connectivity index (χ0n) is 10.8. The lowest BCUT2D eigenvalue weighted by molar-refractivity contribution is -0.384. The molecular formula is C12H13N3O6. The third kappa shape index (κ3) is 3.66. The molecule has 0 bridgehead atoms. The molecule has 9 nitrogen and oxygen atoms in total. The molecule has 21 heavy (non-hydrogen) atoms. The summed E-state index contributed by atoms with van der Waals surface area (Å²) in [6.45, 7) is 0.149. The normalized spacial score (nSPS) is 20.8. The number of nitro groups is 1. The Hall–Kier alpha value is -2.68. The van der Waals surface area contributed by atoms with Gasteiger partial charge in [0, 0.05) is 17.8 Å². The molecule has 2 amide bonds. The molecule has 1 saturated heterocycles. The lowest BCUT2D eigenvalue weighted by Crippen LogP contribution is -2.44. The quantitative estimate of drug-likeness (QED) is 0.556. The lowest BCUT2D eigenvalue weighted by Gasteiger charge is -2.16. The Morgan fingerprint density at radius 2 is 2.14 bits per heavy atom. The third-order valence-corrected chi connectivity index (χ3v) is 3.03. The molecule has 1 heterocycles. The monoisotopic (exact) mass is 295 g/mol. The number of carbonyl (C=O) groups is 2. The molecule has 3 N–H and O–H groups in total. The number of nitrogens with zero attached hydrogens (tertiary/aromatic N) is 1. The highest BCUT2D eigenvalue weighted by Crippen LogP contribution is 2.18. The molecule has 1 fully saturated rings. The van der Waals surface area contributed by atoms with Gasteiger partial charge >= 0.3 is 12.0 Å². The first-order valence-corrected chi connectivity index (χ1v) is 6.10. The number of hydrogen-bond acceptors (Lipinski definition) is 5. The van der Waals surface area contributed by atoms with Gasteiger partial charge in [0.1, 0.15) is 5.92 Å². The Morgan fingerprint density at radius 1 is 1.38 bits per heavy atom. The first-order chi connectivity index (χ1) is 9.97. The van der Waals surface area contributed by atoms with Crippen LogP contribution in [0.3, 0.4) is 0 Å². The van der Waals surface area contributed by atoms with Gasteiger partial charge < -0.3 is 20.5 Å². The number of aliphatic carboxylic acids is 1. The highest BCUT2D eigenvalue weighted by atomic mass is 16.6. The molecule has 1 aliphatic heterocycles. The minimum absolute atomic E-state index is 0.0388. The third-order valence-electron chi connectivity index (χ3n) is 3.03. The van der Waals surface area contributed by atoms with E-state index in [1.54, 1.807) is 0 Å². The minimum atomic E-state index is -1.05. The maximum absolute atomic E-state index is 11.8. The van der Waals surface area contributed by atoms with Gasteiger partial charge in [0.15, 0.2) is 0 Å². The highest BCUT2D eigenvalue weighted by molar-refractivity contribution is 5.90. The summed E-state index contributed by atoms with van der Waals surface area (Å²) in [6.07, 6.45) is 0. The molecule has 112 valence electrons. The molecule has 0 aromatic heterocycles. The van der Waals surface area contributed by atoms with Crippen LogP contribution in [0, 0.1) is 16.0 Å². The molecule has 2 atom stereocenters. The van der Waals surface area contributed by atoms with Crippen LogP contribution < -0.4 is 10.6 Å². The minimum Gasteiger partial charge on any atom is -0.481 e. The molecule has 0 saturated carbocycles. The summed E-state index contributed by atoms with van der Waals surface area (Å²) in [5.74, 6) is -1.85. The second kappa shape index (κ2) is 6.18. The summed E-state index contributed by atoms with van der Waals surface area (Å²) >= 11 is 0. The van der Waals surface area contributed by atoms with Gasteiger partial charge in [0.25, 0.3) is 5.69 Å². The van der Waals surface area contributed by atoms with Gasteiger partial charge in [-0.25, -0.2) is 4.79 Å². The number of amides is 2.